The van der Waals surface area contributed by atoms with E-state index in [1.807, 2.05) is 36.4 Å². The van der Waals surface area contributed by atoms with Crippen LogP contribution in [-0.2, 0) is 4.84 Å². The Morgan fingerprint density at radius 1 is 1.46 bits per heavy atom. The Labute approximate surface area is 83.0 Å². The van der Waals surface area contributed by atoms with Crippen molar-refractivity contribution in [2.24, 2.45) is 0 Å². The summed E-state index contributed by atoms with van der Waals surface area (Å²) in [5.41, 5.74) is 1.09. The fourth-order valence-electron chi connectivity index (χ4n) is 1.57. The Kier molecular flexibility index (Phi) is 2.54. The summed E-state index contributed by atoms with van der Waals surface area (Å²) in [5.74, 6) is 0. The summed E-state index contributed by atoms with van der Waals surface area (Å²) in [6.45, 7) is 0.968. The highest BCUT2D eigenvalue weighted by atomic mass is 35.5. The summed E-state index contributed by atoms with van der Waals surface area (Å²) in [6.07, 6.45) is 1.15. The predicted octanol–water partition coefficient (Wildman–Crippen LogP) is 2.65. The average molecular weight is 198 g/mol. The van der Waals surface area contributed by atoms with Crippen molar-refractivity contribution in [3.8, 4) is 0 Å². The zero-order chi connectivity index (χ0) is 9.26. The van der Waals surface area contributed by atoms with E-state index in [2.05, 4.69) is 0 Å². The Balaban J connectivity index is 2.21. The molecule has 0 amide bonds. The summed E-state index contributed by atoms with van der Waals surface area (Å²) >= 11 is 6.05. The van der Waals surface area contributed by atoms with E-state index in [9.17, 15) is 0 Å². The lowest BCUT2D eigenvalue weighted by Gasteiger charge is -2.12. The van der Waals surface area contributed by atoms with Gasteiger partial charge in [0.2, 0.25) is 0 Å². The first-order valence-electron chi connectivity index (χ1n) is 4.39. The summed E-state index contributed by atoms with van der Waals surface area (Å²) < 4.78 is 0. The molecule has 0 aromatic heterocycles. The van der Waals surface area contributed by atoms with E-state index in [1.54, 1.807) is 0 Å². The molecule has 1 saturated heterocycles. The molecule has 1 atom stereocenters. The standard InChI is InChI=1S/C10H12ClNO/c1-12-7-6-10(13-12)8-4-2-3-5-9(8)11/h2-5,10H,6-7H2,1H3. The lowest BCUT2D eigenvalue weighted by atomic mass is 10.1. The maximum Gasteiger partial charge on any atom is 0.107 e. The Bertz CT molecular complexity index is 303. The number of halogens is 1. The topological polar surface area (TPSA) is 12.5 Å². The van der Waals surface area contributed by atoms with Crippen LogP contribution in [0.5, 0.6) is 0 Å². The van der Waals surface area contributed by atoms with Gasteiger partial charge in [0.05, 0.1) is 0 Å². The zero-order valence-electron chi connectivity index (χ0n) is 7.53. The van der Waals surface area contributed by atoms with Crippen LogP contribution in [-0.4, -0.2) is 18.7 Å². The van der Waals surface area contributed by atoms with Gasteiger partial charge in [-0.15, -0.1) is 0 Å². The molecule has 1 fully saturated rings. The molecule has 1 aliphatic heterocycles. The predicted molar refractivity (Wildman–Crippen MR) is 52.5 cm³/mol. The molecule has 0 bridgehead atoms. The zero-order valence-corrected chi connectivity index (χ0v) is 8.29. The highest BCUT2D eigenvalue weighted by molar-refractivity contribution is 6.31. The fourth-order valence-corrected chi connectivity index (χ4v) is 1.83. The van der Waals surface area contributed by atoms with Gasteiger partial charge >= 0.3 is 0 Å². The second kappa shape index (κ2) is 3.66. The SMILES string of the molecule is CN1CCC(c2ccccc2Cl)O1. The molecule has 0 aliphatic carbocycles. The van der Waals surface area contributed by atoms with E-state index in [0.29, 0.717) is 0 Å². The van der Waals surface area contributed by atoms with Crippen LogP contribution in [0.3, 0.4) is 0 Å². The van der Waals surface area contributed by atoms with Crippen molar-refractivity contribution in [2.75, 3.05) is 13.6 Å². The van der Waals surface area contributed by atoms with Crippen LogP contribution in [0.4, 0.5) is 0 Å². The minimum atomic E-state index is 0.138. The van der Waals surface area contributed by atoms with Gasteiger partial charge in [-0.25, -0.2) is 0 Å². The number of nitrogens with zero attached hydrogens (tertiary/aromatic N) is 1. The summed E-state index contributed by atoms with van der Waals surface area (Å²) in [7, 11) is 1.94. The van der Waals surface area contributed by atoms with Gasteiger partial charge in [-0.2, -0.15) is 5.06 Å². The molecular formula is C10H12ClNO. The van der Waals surface area contributed by atoms with Crippen molar-refractivity contribution in [1.29, 1.82) is 0 Å². The summed E-state index contributed by atoms with van der Waals surface area (Å²) in [6, 6.07) is 7.85. The van der Waals surface area contributed by atoms with Crippen molar-refractivity contribution in [3.05, 3.63) is 34.9 Å². The minimum absolute atomic E-state index is 0.138. The molecule has 0 radical (unpaired) electrons. The van der Waals surface area contributed by atoms with Crippen molar-refractivity contribution in [1.82, 2.24) is 5.06 Å². The molecule has 0 saturated carbocycles. The summed E-state index contributed by atoms with van der Waals surface area (Å²) in [4.78, 5) is 5.58. The monoisotopic (exact) mass is 197 g/mol. The van der Waals surface area contributed by atoms with Gasteiger partial charge in [0, 0.05) is 24.2 Å². The van der Waals surface area contributed by atoms with E-state index < -0.39 is 0 Å². The Hall–Kier alpha value is -0.570. The second-order valence-corrected chi connectivity index (χ2v) is 3.66. The quantitative estimate of drug-likeness (QED) is 0.687. The highest BCUT2D eigenvalue weighted by Crippen LogP contribution is 2.32. The molecule has 1 aromatic carbocycles. The third kappa shape index (κ3) is 1.85. The molecule has 1 aliphatic rings. The van der Waals surface area contributed by atoms with E-state index in [4.69, 9.17) is 16.4 Å². The summed E-state index contributed by atoms with van der Waals surface area (Å²) in [5, 5.41) is 2.65. The maximum atomic E-state index is 6.05. The maximum absolute atomic E-state index is 6.05. The number of hydrogen-bond acceptors (Lipinski definition) is 2. The second-order valence-electron chi connectivity index (χ2n) is 3.26. The van der Waals surface area contributed by atoms with E-state index >= 15 is 0 Å². The molecule has 2 nitrogen and oxygen atoms in total. The molecule has 70 valence electrons. The largest absolute Gasteiger partial charge is 0.291 e. The van der Waals surface area contributed by atoms with E-state index in [-0.39, 0.29) is 6.10 Å². The first-order chi connectivity index (χ1) is 6.27. The third-order valence-electron chi connectivity index (χ3n) is 2.27. The lowest BCUT2D eigenvalue weighted by molar-refractivity contribution is -0.128. The van der Waals surface area contributed by atoms with Crippen molar-refractivity contribution >= 4 is 11.6 Å². The molecule has 1 heterocycles. The molecular weight excluding hydrogens is 186 g/mol. The molecule has 3 heteroatoms. The van der Waals surface area contributed by atoms with Gasteiger partial charge in [0.15, 0.2) is 0 Å². The molecule has 0 N–H and O–H groups in total. The number of hydrogen-bond donors (Lipinski definition) is 0. The van der Waals surface area contributed by atoms with Crippen LogP contribution < -0.4 is 0 Å². The first-order valence-corrected chi connectivity index (χ1v) is 4.77. The molecule has 1 unspecified atom stereocenters. The van der Waals surface area contributed by atoms with Gasteiger partial charge in [-0.3, -0.25) is 4.84 Å². The average Bonchev–Trinajstić information content (AvgIpc) is 2.53. The van der Waals surface area contributed by atoms with E-state index in [0.717, 1.165) is 23.6 Å². The fraction of sp³-hybridized carbons (Fsp3) is 0.400. The third-order valence-corrected chi connectivity index (χ3v) is 2.61. The highest BCUT2D eigenvalue weighted by Gasteiger charge is 2.23. The van der Waals surface area contributed by atoms with Gasteiger partial charge in [0.1, 0.15) is 6.10 Å². The molecule has 0 spiro atoms. The van der Waals surface area contributed by atoms with Crippen molar-refractivity contribution in [3.63, 3.8) is 0 Å². The van der Waals surface area contributed by atoms with Crippen molar-refractivity contribution < 1.29 is 4.84 Å². The molecule has 13 heavy (non-hydrogen) atoms. The van der Waals surface area contributed by atoms with Crippen LogP contribution in [0.1, 0.15) is 18.1 Å². The Morgan fingerprint density at radius 2 is 2.23 bits per heavy atom. The van der Waals surface area contributed by atoms with Gasteiger partial charge < -0.3 is 0 Å². The van der Waals surface area contributed by atoms with Crippen LogP contribution in [0.25, 0.3) is 0 Å². The molecule has 1 aromatic rings. The number of benzene rings is 1. The van der Waals surface area contributed by atoms with E-state index in [1.165, 1.54) is 0 Å². The van der Waals surface area contributed by atoms with Crippen LogP contribution >= 0.6 is 11.6 Å². The van der Waals surface area contributed by atoms with Crippen LogP contribution in [0.2, 0.25) is 5.02 Å². The normalized spacial score (nSPS) is 23.7. The number of hydroxylamine groups is 2. The number of rotatable bonds is 1. The van der Waals surface area contributed by atoms with Gasteiger partial charge in [-0.1, -0.05) is 29.8 Å². The smallest absolute Gasteiger partial charge is 0.107 e. The van der Waals surface area contributed by atoms with Gasteiger partial charge in [-0.05, 0) is 12.5 Å². The van der Waals surface area contributed by atoms with Crippen molar-refractivity contribution in [2.45, 2.75) is 12.5 Å². The van der Waals surface area contributed by atoms with Crippen LogP contribution in [0.15, 0.2) is 24.3 Å². The van der Waals surface area contributed by atoms with Gasteiger partial charge in [0.25, 0.3) is 0 Å². The molecule has 2 rings (SSSR count). The van der Waals surface area contributed by atoms with Crippen LogP contribution in [0, 0.1) is 0 Å². The Morgan fingerprint density at radius 3 is 2.85 bits per heavy atom. The first kappa shape index (κ1) is 9.00. The lowest BCUT2D eigenvalue weighted by Crippen LogP contribution is -2.10. The minimum Gasteiger partial charge on any atom is -0.291 e.